The Labute approximate surface area is 166 Å². The van der Waals surface area contributed by atoms with E-state index in [1.165, 1.54) is 12.1 Å². The highest BCUT2D eigenvalue weighted by Crippen LogP contribution is 2.35. The van der Waals surface area contributed by atoms with E-state index in [1.807, 2.05) is 26.9 Å². The van der Waals surface area contributed by atoms with Crippen molar-refractivity contribution in [2.45, 2.75) is 46.0 Å². The number of aryl methyl sites for hydroxylation is 1. The minimum absolute atomic E-state index is 0.113. The van der Waals surface area contributed by atoms with Crippen LogP contribution in [0, 0.1) is 19.7 Å². The smallest absolute Gasteiger partial charge is 0.256 e. The molecule has 1 unspecified atom stereocenters. The number of amides is 1. The summed E-state index contributed by atoms with van der Waals surface area (Å²) in [5.74, 6) is -0.593. The lowest BCUT2D eigenvalue weighted by Gasteiger charge is -2.19. The molecule has 5 nitrogen and oxygen atoms in total. The lowest BCUT2D eigenvalue weighted by molar-refractivity contribution is -0.110. The molecule has 0 fully saturated rings. The van der Waals surface area contributed by atoms with Gasteiger partial charge in [0.1, 0.15) is 5.82 Å². The molecule has 0 radical (unpaired) electrons. The molecule has 1 atom stereocenters. The minimum atomic E-state index is -2.07. The Morgan fingerprint density at radius 1 is 1.32 bits per heavy atom. The van der Waals surface area contributed by atoms with E-state index in [4.69, 9.17) is 0 Å². The number of aromatic nitrogens is 1. The second-order valence-electron chi connectivity index (χ2n) is 8.14. The monoisotopic (exact) mass is 401 g/mol. The van der Waals surface area contributed by atoms with Gasteiger partial charge in [-0.25, -0.2) is 4.39 Å². The fraction of sp³-hybridized carbons (Fsp3) is 0.381. The molecule has 2 heterocycles. The second-order valence-corrected chi connectivity index (χ2v) is 12.3. The van der Waals surface area contributed by atoms with E-state index in [9.17, 15) is 14.0 Å². The fourth-order valence-electron chi connectivity index (χ4n) is 3.73. The average Bonchev–Trinajstić information content (AvgIpc) is 3.03. The standard InChI is InChI=1S/C21H28FN3O2Si/c1-12-19(11-17-16-10-15(22)6-7-18(16)25-21(17)26)24-14(3)20(12)13(2)23-8-9-28(4,5)27/h6-7,10-11,13,23-24,27H,8-9H2,1-5H3,(H,25,26)/b17-11-. The quantitative estimate of drug-likeness (QED) is 0.435. The van der Waals surface area contributed by atoms with E-state index in [2.05, 4.69) is 22.5 Å². The molecule has 1 aliphatic heterocycles. The number of halogens is 1. The number of aromatic amines is 1. The van der Waals surface area contributed by atoms with Crippen LogP contribution < -0.4 is 10.6 Å². The maximum Gasteiger partial charge on any atom is 0.256 e. The molecular formula is C21H28FN3O2Si. The maximum atomic E-state index is 13.7. The molecule has 1 aromatic carbocycles. The van der Waals surface area contributed by atoms with E-state index >= 15 is 0 Å². The van der Waals surface area contributed by atoms with Crippen molar-refractivity contribution in [3.8, 4) is 0 Å². The van der Waals surface area contributed by atoms with Crippen LogP contribution in [0.1, 0.15) is 41.0 Å². The molecule has 3 rings (SSSR count). The van der Waals surface area contributed by atoms with Gasteiger partial charge in [0, 0.05) is 28.7 Å². The predicted octanol–water partition coefficient (Wildman–Crippen LogP) is 4.11. The lowest BCUT2D eigenvalue weighted by atomic mass is 10.0. The first-order chi connectivity index (χ1) is 13.1. The van der Waals surface area contributed by atoms with Crippen molar-refractivity contribution in [2.75, 3.05) is 11.9 Å². The molecule has 0 saturated carbocycles. The Kier molecular flexibility index (Phi) is 5.61. The van der Waals surface area contributed by atoms with Crippen LogP contribution in [0.25, 0.3) is 11.6 Å². The highest BCUT2D eigenvalue weighted by atomic mass is 28.4. The number of hydrogen-bond donors (Lipinski definition) is 4. The van der Waals surface area contributed by atoms with Crippen molar-refractivity contribution >= 4 is 31.6 Å². The SMILES string of the molecule is Cc1[nH]c(/C=C2\C(=O)Nc3ccc(F)cc32)c(C)c1C(C)NCC[Si](C)(C)O. The molecule has 1 aromatic heterocycles. The van der Waals surface area contributed by atoms with Crippen LogP contribution in [0.2, 0.25) is 19.1 Å². The van der Waals surface area contributed by atoms with Gasteiger partial charge in [0.05, 0.1) is 5.57 Å². The lowest BCUT2D eigenvalue weighted by Crippen LogP contribution is -2.31. The first kappa shape index (κ1) is 20.5. The van der Waals surface area contributed by atoms with Crippen LogP contribution in [0.15, 0.2) is 18.2 Å². The Bertz CT molecular complexity index is 944. The van der Waals surface area contributed by atoms with Gasteiger partial charge in [-0.1, -0.05) is 0 Å². The van der Waals surface area contributed by atoms with E-state index < -0.39 is 8.32 Å². The Morgan fingerprint density at radius 3 is 2.71 bits per heavy atom. The summed E-state index contributed by atoms with van der Waals surface area (Å²) in [6, 6.07) is 5.21. The first-order valence-corrected chi connectivity index (χ1v) is 12.7. The summed E-state index contributed by atoms with van der Waals surface area (Å²) in [5, 5.41) is 6.26. The molecule has 0 saturated heterocycles. The van der Waals surface area contributed by atoms with Crippen LogP contribution >= 0.6 is 0 Å². The number of rotatable bonds is 6. The van der Waals surface area contributed by atoms with Crippen molar-refractivity contribution < 1.29 is 14.0 Å². The van der Waals surface area contributed by atoms with Gasteiger partial charge in [0.2, 0.25) is 0 Å². The summed E-state index contributed by atoms with van der Waals surface area (Å²) >= 11 is 0. The third-order valence-corrected chi connectivity index (χ3v) is 6.68. The number of fused-ring (bicyclic) bond motifs is 1. The summed E-state index contributed by atoms with van der Waals surface area (Å²) in [5.41, 5.74) is 5.76. The van der Waals surface area contributed by atoms with Crippen molar-refractivity contribution in [3.63, 3.8) is 0 Å². The van der Waals surface area contributed by atoms with Gasteiger partial charge in [-0.2, -0.15) is 0 Å². The van der Waals surface area contributed by atoms with Gasteiger partial charge in [-0.15, -0.1) is 0 Å². The topological polar surface area (TPSA) is 77.2 Å². The summed E-state index contributed by atoms with van der Waals surface area (Å²) < 4.78 is 13.7. The summed E-state index contributed by atoms with van der Waals surface area (Å²) in [7, 11) is -2.07. The maximum absolute atomic E-state index is 13.7. The predicted molar refractivity (Wildman–Crippen MR) is 114 cm³/mol. The van der Waals surface area contributed by atoms with Gasteiger partial charge in [-0.3, -0.25) is 4.79 Å². The van der Waals surface area contributed by atoms with Crippen molar-refractivity contribution in [1.82, 2.24) is 10.3 Å². The number of nitrogens with one attached hydrogen (secondary N) is 3. The zero-order chi connectivity index (χ0) is 20.6. The number of hydrogen-bond acceptors (Lipinski definition) is 3. The molecule has 0 bridgehead atoms. The number of H-pyrrole nitrogens is 1. The van der Waals surface area contributed by atoms with Crippen LogP contribution in [-0.4, -0.2) is 30.5 Å². The summed E-state index contributed by atoms with van der Waals surface area (Å²) in [6.45, 7) is 10.8. The van der Waals surface area contributed by atoms with Crippen LogP contribution in [0.3, 0.4) is 0 Å². The van der Waals surface area contributed by atoms with E-state index in [0.29, 0.717) is 16.8 Å². The third kappa shape index (κ3) is 4.27. The fourth-order valence-corrected chi connectivity index (χ4v) is 4.48. The number of anilines is 1. The minimum Gasteiger partial charge on any atom is -0.432 e. The largest absolute Gasteiger partial charge is 0.432 e. The normalized spacial score (nSPS) is 16.4. The Balaban J connectivity index is 1.88. The van der Waals surface area contributed by atoms with Gasteiger partial charge in [-0.05, 0) is 81.9 Å². The molecule has 0 aliphatic carbocycles. The second kappa shape index (κ2) is 7.65. The van der Waals surface area contributed by atoms with Crippen molar-refractivity contribution in [3.05, 3.63) is 52.1 Å². The van der Waals surface area contributed by atoms with Crippen molar-refractivity contribution in [1.29, 1.82) is 0 Å². The van der Waals surface area contributed by atoms with Gasteiger partial charge in [0.15, 0.2) is 8.32 Å². The summed E-state index contributed by atoms with van der Waals surface area (Å²) in [4.78, 5) is 25.8. The van der Waals surface area contributed by atoms with Gasteiger partial charge in [0.25, 0.3) is 5.91 Å². The van der Waals surface area contributed by atoms with Gasteiger partial charge < -0.3 is 20.4 Å². The number of carbonyl (C=O) groups is 1. The third-order valence-electron chi connectivity index (χ3n) is 5.21. The zero-order valence-corrected chi connectivity index (χ0v) is 18.0. The van der Waals surface area contributed by atoms with Crippen LogP contribution in [-0.2, 0) is 4.79 Å². The molecule has 1 amide bonds. The molecule has 0 spiro atoms. The number of carbonyl (C=O) groups excluding carboxylic acids is 1. The molecule has 150 valence electrons. The van der Waals surface area contributed by atoms with E-state index in [-0.39, 0.29) is 17.8 Å². The highest BCUT2D eigenvalue weighted by Gasteiger charge is 2.26. The Morgan fingerprint density at radius 2 is 2.04 bits per heavy atom. The molecule has 7 heteroatoms. The molecule has 1 aliphatic rings. The Hall–Kier alpha value is -2.22. The van der Waals surface area contributed by atoms with Crippen molar-refractivity contribution in [2.24, 2.45) is 0 Å². The number of benzene rings is 1. The average molecular weight is 402 g/mol. The zero-order valence-electron chi connectivity index (χ0n) is 17.0. The van der Waals surface area contributed by atoms with E-state index in [0.717, 1.165) is 35.1 Å². The molecule has 28 heavy (non-hydrogen) atoms. The first-order valence-electron chi connectivity index (χ1n) is 9.54. The molecule has 2 aromatic rings. The highest BCUT2D eigenvalue weighted by molar-refractivity contribution is 6.69. The van der Waals surface area contributed by atoms with E-state index in [1.54, 1.807) is 12.1 Å². The molecular weight excluding hydrogens is 373 g/mol. The van der Waals surface area contributed by atoms with Crippen LogP contribution in [0.5, 0.6) is 0 Å². The van der Waals surface area contributed by atoms with Crippen LogP contribution in [0.4, 0.5) is 10.1 Å². The molecule has 4 N–H and O–H groups in total. The summed E-state index contributed by atoms with van der Waals surface area (Å²) in [6.07, 6.45) is 1.79. The van der Waals surface area contributed by atoms with Gasteiger partial charge >= 0.3 is 0 Å².